The predicted octanol–water partition coefficient (Wildman–Crippen LogP) is 6.07. The highest BCUT2D eigenvalue weighted by Gasteiger charge is 2.46. The Bertz CT molecular complexity index is 456. The lowest BCUT2D eigenvalue weighted by Crippen LogP contribution is -2.48. The predicted molar refractivity (Wildman–Crippen MR) is 108 cm³/mol. The van der Waals surface area contributed by atoms with Crippen LogP contribution in [-0.2, 0) is 0 Å². The molecule has 0 aliphatic heterocycles. The van der Waals surface area contributed by atoms with Crippen LogP contribution in [0.25, 0.3) is 0 Å². The lowest BCUT2D eigenvalue weighted by Gasteiger charge is -2.46. The number of aliphatic hydroxyl groups is 2. The highest BCUT2D eigenvalue weighted by molar-refractivity contribution is 5.25. The molecule has 2 unspecified atom stereocenters. The fourth-order valence-electron chi connectivity index (χ4n) is 4.78. The highest BCUT2D eigenvalue weighted by atomic mass is 16.3. The van der Waals surface area contributed by atoms with Crippen LogP contribution in [0, 0.1) is 5.92 Å². The summed E-state index contributed by atoms with van der Waals surface area (Å²) in [5.41, 5.74) is -0.329. The van der Waals surface area contributed by atoms with Crippen LogP contribution in [0.2, 0.25) is 0 Å². The molecule has 0 spiro atoms. The van der Waals surface area contributed by atoms with E-state index in [4.69, 9.17) is 0 Å². The van der Waals surface area contributed by atoms with E-state index >= 15 is 0 Å². The Morgan fingerprint density at radius 1 is 0.720 bits per heavy atom. The molecule has 2 nitrogen and oxygen atoms in total. The van der Waals surface area contributed by atoms with E-state index in [-0.39, 0.29) is 11.8 Å². The Hall–Kier alpha value is -0.860. The summed E-state index contributed by atoms with van der Waals surface area (Å²) in [6.45, 7) is 10.7. The highest BCUT2D eigenvalue weighted by Crippen LogP contribution is 2.47. The van der Waals surface area contributed by atoms with Crippen LogP contribution in [0.1, 0.15) is 97.5 Å². The molecule has 0 saturated carbocycles. The largest absolute Gasteiger partial charge is 0.390 e. The average molecular weight is 349 g/mol. The summed E-state index contributed by atoms with van der Waals surface area (Å²) in [5, 5.41) is 23.2. The second-order valence-electron chi connectivity index (χ2n) is 7.88. The first-order chi connectivity index (χ1) is 11.9. The SMILES string of the molecule is CCCC(O)(CCC)C(C)C(c1ccccc1)C(O)(CCC)CCC. The van der Waals surface area contributed by atoms with Crippen LogP contribution < -0.4 is 0 Å². The number of hydrogen-bond acceptors (Lipinski definition) is 2. The third kappa shape index (κ3) is 5.56. The van der Waals surface area contributed by atoms with Crippen molar-refractivity contribution in [2.24, 2.45) is 5.92 Å². The second-order valence-corrected chi connectivity index (χ2v) is 7.88. The Morgan fingerprint density at radius 2 is 1.12 bits per heavy atom. The van der Waals surface area contributed by atoms with Crippen molar-refractivity contribution in [3.05, 3.63) is 35.9 Å². The smallest absolute Gasteiger partial charge is 0.0719 e. The number of benzene rings is 1. The summed E-state index contributed by atoms with van der Waals surface area (Å²) in [7, 11) is 0. The molecule has 144 valence electrons. The van der Waals surface area contributed by atoms with Crippen LogP contribution in [0.15, 0.2) is 30.3 Å². The van der Waals surface area contributed by atoms with E-state index in [0.29, 0.717) is 0 Å². The zero-order chi connectivity index (χ0) is 18.9. The van der Waals surface area contributed by atoms with Gasteiger partial charge in [0.25, 0.3) is 0 Å². The summed E-state index contributed by atoms with van der Waals surface area (Å²) in [6, 6.07) is 10.4. The Kier molecular flexibility index (Phi) is 9.16. The molecule has 2 atom stereocenters. The van der Waals surface area contributed by atoms with Gasteiger partial charge in [-0.2, -0.15) is 0 Å². The van der Waals surface area contributed by atoms with Gasteiger partial charge in [-0.05, 0) is 37.2 Å². The van der Waals surface area contributed by atoms with E-state index in [1.54, 1.807) is 0 Å². The van der Waals surface area contributed by atoms with Crippen molar-refractivity contribution in [2.75, 3.05) is 0 Å². The molecule has 0 aliphatic rings. The molecular formula is C23H40O2. The number of hydrogen-bond donors (Lipinski definition) is 2. The lowest BCUT2D eigenvalue weighted by molar-refractivity contribution is -0.0928. The van der Waals surface area contributed by atoms with Gasteiger partial charge in [-0.15, -0.1) is 0 Å². The zero-order valence-electron chi connectivity index (χ0n) is 17.1. The Balaban J connectivity index is 3.39. The fraction of sp³-hybridized carbons (Fsp3) is 0.739. The van der Waals surface area contributed by atoms with Gasteiger partial charge in [0.2, 0.25) is 0 Å². The minimum absolute atomic E-state index is 0.0119. The van der Waals surface area contributed by atoms with Crippen LogP contribution >= 0.6 is 0 Å². The average Bonchev–Trinajstić information content (AvgIpc) is 2.56. The molecule has 25 heavy (non-hydrogen) atoms. The molecule has 0 aliphatic carbocycles. The van der Waals surface area contributed by atoms with E-state index in [2.05, 4.69) is 46.8 Å². The summed E-state index contributed by atoms with van der Waals surface area (Å²) < 4.78 is 0. The quantitative estimate of drug-likeness (QED) is 0.481. The standard InChI is InChI=1S/C23H40O2/c1-6-15-22(24,16-7-2)19(5)21(20-13-11-10-12-14-20)23(25,17-8-3)18-9-4/h10-14,19,21,24-25H,6-9,15-18H2,1-5H3. The van der Waals surface area contributed by atoms with Crippen molar-refractivity contribution in [3.63, 3.8) is 0 Å². The molecule has 1 rings (SSSR count). The Morgan fingerprint density at radius 3 is 1.52 bits per heavy atom. The van der Waals surface area contributed by atoms with Crippen molar-refractivity contribution >= 4 is 0 Å². The van der Waals surface area contributed by atoms with Gasteiger partial charge < -0.3 is 10.2 Å². The maximum atomic E-state index is 11.7. The van der Waals surface area contributed by atoms with Crippen molar-refractivity contribution in [1.82, 2.24) is 0 Å². The summed E-state index contributed by atoms with van der Waals surface area (Å²) in [5.74, 6) is -0.0328. The molecule has 0 aromatic heterocycles. The third-order valence-electron chi connectivity index (χ3n) is 5.82. The van der Waals surface area contributed by atoms with Gasteiger partial charge in [-0.3, -0.25) is 0 Å². The first kappa shape index (κ1) is 22.2. The first-order valence-corrected chi connectivity index (χ1v) is 10.4. The fourth-order valence-corrected chi connectivity index (χ4v) is 4.78. The van der Waals surface area contributed by atoms with Gasteiger partial charge in [0.15, 0.2) is 0 Å². The third-order valence-corrected chi connectivity index (χ3v) is 5.82. The van der Waals surface area contributed by atoms with Crippen molar-refractivity contribution in [3.8, 4) is 0 Å². The van der Waals surface area contributed by atoms with Gasteiger partial charge >= 0.3 is 0 Å². The van der Waals surface area contributed by atoms with Crippen molar-refractivity contribution in [2.45, 2.75) is 103 Å². The topological polar surface area (TPSA) is 40.5 Å². The molecule has 0 fully saturated rings. The summed E-state index contributed by atoms with van der Waals surface area (Å²) >= 11 is 0. The second kappa shape index (κ2) is 10.3. The molecule has 2 heteroatoms. The minimum Gasteiger partial charge on any atom is -0.390 e. The van der Waals surface area contributed by atoms with Gasteiger partial charge in [-0.25, -0.2) is 0 Å². The van der Waals surface area contributed by atoms with E-state index in [0.717, 1.165) is 56.9 Å². The van der Waals surface area contributed by atoms with E-state index in [9.17, 15) is 10.2 Å². The molecule has 1 aromatic carbocycles. The minimum atomic E-state index is -0.764. The van der Waals surface area contributed by atoms with E-state index in [1.165, 1.54) is 0 Å². The maximum absolute atomic E-state index is 11.7. The zero-order valence-corrected chi connectivity index (χ0v) is 17.1. The lowest BCUT2D eigenvalue weighted by atomic mass is 9.64. The normalized spacial score (nSPS) is 15.2. The summed E-state index contributed by atoms with van der Waals surface area (Å²) in [6.07, 6.45) is 6.96. The molecule has 0 saturated heterocycles. The van der Waals surface area contributed by atoms with Crippen molar-refractivity contribution in [1.29, 1.82) is 0 Å². The van der Waals surface area contributed by atoms with Crippen LogP contribution in [0.3, 0.4) is 0 Å². The maximum Gasteiger partial charge on any atom is 0.0719 e. The monoisotopic (exact) mass is 348 g/mol. The van der Waals surface area contributed by atoms with Gasteiger partial charge in [0.1, 0.15) is 0 Å². The van der Waals surface area contributed by atoms with Gasteiger partial charge in [0, 0.05) is 5.92 Å². The molecule has 0 bridgehead atoms. The first-order valence-electron chi connectivity index (χ1n) is 10.4. The molecule has 2 N–H and O–H groups in total. The van der Waals surface area contributed by atoms with Crippen LogP contribution in [0.4, 0.5) is 0 Å². The summed E-state index contributed by atoms with van der Waals surface area (Å²) in [4.78, 5) is 0. The van der Waals surface area contributed by atoms with Gasteiger partial charge in [0.05, 0.1) is 11.2 Å². The number of rotatable bonds is 12. The molecule has 0 amide bonds. The Labute approximate surface area is 155 Å². The van der Waals surface area contributed by atoms with Crippen LogP contribution in [-0.4, -0.2) is 21.4 Å². The molecule has 0 heterocycles. The van der Waals surface area contributed by atoms with Crippen molar-refractivity contribution < 1.29 is 10.2 Å². The molecular weight excluding hydrogens is 308 g/mol. The van der Waals surface area contributed by atoms with Crippen LogP contribution in [0.5, 0.6) is 0 Å². The van der Waals surface area contributed by atoms with E-state index in [1.807, 2.05) is 18.2 Å². The van der Waals surface area contributed by atoms with E-state index < -0.39 is 11.2 Å². The molecule has 0 radical (unpaired) electrons. The molecule has 1 aromatic rings. The van der Waals surface area contributed by atoms with Gasteiger partial charge in [-0.1, -0.05) is 90.6 Å².